The predicted octanol–water partition coefficient (Wildman–Crippen LogP) is 3.78. The SMILES string of the molecule is COc1cccc(CN2CCCN(c3ccc(NC(=O)c4ccc5c(c4)OCO5)cn3)CC2)c1. The number of nitrogens with one attached hydrogen (secondary N) is 1. The van der Waals surface area contributed by atoms with Crippen LogP contribution in [0.2, 0.25) is 0 Å². The number of carbonyl (C=O) groups is 1. The Morgan fingerprint density at radius 2 is 1.94 bits per heavy atom. The molecule has 0 unspecified atom stereocenters. The van der Waals surface area contributed by atoms with E-state index in [4.69, 9.17) is 14.2 Å². The Bertz CT molecular complexity index is 1150. The molecule has 1 fully saturated rings. The van der Waals surface area contributed by atoms with E-state index in [1.807, 2.05) is 24.3 Å². The highest BCUT2D eigenvalue weighted by molar-refractivity contribution is 6.04. The zero-order valence-corrected chi connectivity index (χ0v) is 19.2. The number of fused-ring (bicyclic) bond motifs is 1. The first-order chi connectivity index (χ1) is 16.7. The second-order valence-electron chi connectivity index (χ2n) is 8.40. The summed E-state index contributed by atoms with van der Waals surface area (Å²) in [6.07, 6.45) is 2.77. The Hall–Kier alpha value is -3.78. The van der Waals surface area contributed by atoms with E-state index in [-0.39, 0.29) is 12.7 Å². The summed E-state index contributed by atoms with van der Waals surface area (Å²) in [5.41, 5.74) is 2.42. The molecule has 3 heterocycles. The number of ether oxygens (including phenoxy) is 3. The fraction of sp³-hybridized carbons (Fsp3) is 0.308. The molecule has 8 nitrogen and oxygen atoms in total. The zero-order chi connectivity index (χ0) is 23.3. The van der Waals surface area contributed by atoms with Gasteiger partial charge in [-0.25, -0.2) is 4.98 Å². The highest BCUT2D eigenvalue weighted by Gasteiger charge is 2.18. The first kappa shape index (κ1) is 22.0. The van der Waals surface area contributed by atoms with Gasteiger partial charge in [0.2, 0.25) is 6.79 Å². The van der Waals surface area contributed by atoms with Crippen molar-refractivity contribution in [2.24, 2.45) is 0 Å². The number of benzene rings is 2. The molecule has 2 aromatic carbocycles. The lowest BCUT2D eigenvalue weighted by Crippen LogP contribution is -2.31. The maximum Gasteiger partial charge on any atom is 0.255 e. The van der Waals surface area contributed by atoms with Gasteiger partial charge < -0.3 is 24.4 Å². The third-order valence-corrected chi connectivity index (χ3v) is 6.09. The second-order valence-corrected chi connectivity index (χ2v) is 8.40. The van der Waals surface area contributed by atoms with E-state index in [1.54, 1.807) is 31.5 Å². The van der Waals surface area contributed by atoms with Gasteiger partial charge in [0, 0.05) is 38.3 Å². The topological polar surface area (TPSA) is 76.2 Å². The minimum absolute atomic E-state index is 0.182. The van der Waals surface area contributed by atoms with Gasteiger partial charge >= 0.3 is 0 Å². The lowest BCUT2D eigenvalue weighted by molar-refractivity contribution is 0.102. The number of nitrogens with zero attached hydrogens (tertiary/aromatic N) is 3. The van der Waals surface area contributed by atoms with Crippen molar-refractivity contribution in [2.45, 2.75) is 13.0 Å². The number of methoxy groups -OCH3 is 1. The summed E-state index contributed by atoms with van der Waals surface area (Å²) < 4.78 is 16.0. The first-order valence-electron chi connectivity index (χ1n) is 11.5. The van der Waals surface area contributed by atoms with Crippen LogP contribution in [0.3, 0.4) is 0 Å². The maximum absolute atomic E-state index is 12.6. The number of rotatable bonds is 6. The molecule has 2 aliphatic rings. The van der Waals surface area contributed by atoms with Crippen molar-refractivity contribution in [1.29, 1.82) is 0 Å². The van der Waals surface area contributed by atoms with Gasteiger partial charge in [-0.05, 0) is 54.4 Å². The van der Waals surface area contributed by atoms with Crippen molar-refractivity contribution in [2.75, 3.05) is 50.3 Å². The van der Waals surface area contributed by atoms with Crippen molar-refractivity contribution in [3.8, 4) is 17.2 Å². The van der Waals surface area contributed by atoms with E-state index in [2.05, 4.69) is 32.2 Å². The molecule has 0 aliphatic carbocycles. The standard InChI is InChI=1S/C26H28N4O4/c1-32-22-5-2-4-19(14-22)17-29-10-3-11-30(13-12-29)25-9-7-21(16-27-25)28-26(31)20-6-8-23-24(15-20)34-18-33-23/h2,4-9,14-16H,3,10-13,17-18H2,1H3,(H,28,31). The van der Waals surface area contributed by atoms with Crippen LogP contribution in [0.5, 0.6) is 17.2 Å². The van der Waals surface area contributed by atoms with Gasteiger partial charge in [-0.15, -0.1) is 0 Å². The normalized spacial score (nSPS) is 15.6. The van der Waals surface area contributed by atoms with Crippen LogP contribution < -0.4 is 24.4 Å². The lowest BCUT2D eigenvalue weighted by atomic mass is 10.2. The summed E-state index contributed by atoms with van der Waals surface area (Å²) in [5, 5.41) is 2.90. The van der Waals surface area contributed by atoms with E-state index < -0.39 is 0 Å². The molecule has 5 rings (SSSR count). The Kier molecular flexibility index (Phi) is 6.49. The highest BCUT2D eigenvalue weighted by atomic mass is 16.7. The van der Waals surface area contributed by atoms with Gasteiger partial charge in [0.25, 0.3) is 5.91 Å². The number of hydrogen-bond acceptors (Lipinski definition) is 7. The average Bonchev–Trinajstić information content (AvgIpc) is 3.22. The molecule has 0 radical (unpaired) electrons. The molecule has 2 aliphatic heterocycles. The van der Waals surface area contributed by atoms with E-state index in [0.29, 0.717) is 22.7 Å². The third-order valence-electron chi connectivity index (χ3n) is 6.09. The Morgan fingerprint density at radius 1 is 1.03 bits per heavy atom. The number of amides is 1. The average molecular weight is 461 g/mol. The fourth-order valence-electron chi connectivity index (χ4n) is 4.28. The molecule has 34 heavy (non-hydrogen) atoms. The number of aromatic nitrogens is 1. The van der Waals surface area contributed by atoms with Crippen molar-refractivity contribution in [1.82, 2.24) is 9.88 Å². The molecule has 0 saturated carbocycles. The van der Waals surface area contributed by atoms with Gasteiger partial charge in [-0.2, -0.15) is 0 Å². The summed E-state index contributed by atoms with van der Waals surface area (Å²) in [6, 6.07) is 17.3. The molecule has 1 N–H and O–H groups in total. The van der Waals surface area contributed by atoms with Crippen molar-refractivity contribution < 1.29 is 19.0 Å². The molecule has 1 amide bonds. The summed E-state index contributed by atoms with van der Waals surface area (Å²) in [4.78, 5) is 22.0. The van der Waals surface area contributed by atoms with Crippen LogP contribution in [-0.2, 0) is 6.54 Å². The summed E-state index contributed by atoms with van der Waals surface area (Å²) in [5.74, 6) is 2.84. The van der Waals surface area contributed by atoms with Crippen LogP contribution in [0, 0.1) is 0 Å². The molecule has 8 heteroatoms. The number of pyridine rings is 1. The van der Waals surface area contributed by atoms with Gasteiger partial charge in [0.15, 0.2) is 11.5 Å². The van der Waals surface area contributed by atoms with Crippen LogP contribution in [-0.4, -0.2) is 55.9 Å². The number of anilines is 2. The fourth-order valence-corrected chi connectivity index (χ4v) is 4.28. The molecule has 0 bridgehead atoms. The largest absolute Gasteiger partial charge is 0.497 e. The minimum Gasteiger partial charge on any atom is -0.497 e. The number of carbonyl (C=O) groups excluding carboxylic acids is 1. The summed E-state index contributed by atoms with van der Waals surface area (Å²) >= 11 is 0. The first-order valence-corrected chi connectivity index (χ1v) is 11.5. The number of hydrogen-bond donors (Lipinski definition) is 1. The molecule has 0 spiro atoms. The van der Waals surface area contributed by atoms with E-state index in [0.717, 1.165) is 50.7 Å². The highest BCUT2D eigenvalue weighted by Crippen LogP contribution is 2.32. The Morgan fingerprint density at radius 3 is 2.79 bits per heavy atom. The zero-order valence-electron chi connectivity index (χ0n) is 19.2. The predicted molar refractivity (Wildman–Crippen MR) is 130 cm³/mol. The van der Waals surface area contributed by atoms with Gasteiger partial charge in [0.1, 0.15) is 11.6 Å². The van der Waals surface area contributed by atoms with Crippen LogP contribution >= 0.6 is 0 Å². The Labute approximate surface area is 199 Å². The quantitative estimate of drug-likeness (QED) is 0.600. The van der Waals surface area contributed by atoms with Gasteiger partial charge in [0.05, 0.1) is 19.0 Å². The van der Waals surface area contributed by atoms with Gasteiger partial charge in [-0.3, -0.25) is 9.69 Å². The van der Waals surface area contributed by atoms with Crippen LogP contribution in [0.15, 0.2) is 60.8 Å². The van der Waals surface area contributed by atoms with Crippen LogP contribution in [0.4, 0.5) is 11.5 Å². The molecule has 3 aromatic rings. The molecule has 1 saturated heterocycles. The van der Waals surface area contributed by atoms with Crippen LogP contribution in [0.1, 0.15) is 22.3 Å². The Balaban J connectivity index is 1.17. The van der Waals surface area contributed by atoms with Crippen molar-refractivity contribution in [3.63, 3.8) is 0 Å². The molecular weight excluding hydrogens is 432 g/mol. The molecule has 1 aromatic heterocycles. The van der Waals surface area contributed by atoms with Crippen LogP contribution in [0.25, 0.3) is 0 Å². The van der Waals surface area contributed by atoms with Crippen molar-refractivity contribution >= 4 is 17.4 Å². The second kappa shape index (κ2) is 10.0. The molecule has 176 valence electrons. The minimum atomic E-state index is -0.212. The third kappa shape index (κ3) is 5.07. The molecular formula is C26H28N4O4. The maximum atomic E-state index is 12.6. The molecule has 0 atom stereocenters. The lowest BCUT2D eigenvalue weighted by Gasteiger charge is -2.23. The van der Waals surface area contributed by atoms with E-state index in [9.17, 15) is 4.79 Å². The summed E-state index contributed by atoms with van der Waals surface area (Å²) in [6.45, 7) is 4.94. The summed E-state index contributed by atoms with van der Waals surface area (Å²) in [7, 11) is 1.70. The van der Waals surface area contributed by atoms with Gasteiger partial charge in [-0.1, -0.05) is 12.1 Å². The van der Waals surface area contributed by atoms with Crippen molar-refractivity contribution in [3.05, 3.63) is 71.9 Å². The monoisotopic (exact) mass is 460 g/mol. The smallest absolute Gasteiger partial charge is 0.255 e. The van der Waals surface area contributed by atoms with E-state index in [1.165, 1.54) is 5.56 Å². The van der Waals surface area contributed by atoms with E-state index >= 15 is 0 Å².